The first-order valence-electron chi connectivity index (χ1n) is 11.8. The molecule has 1 N–H and O–H groups in total. The van der Waals surface area contributed by atoms with Gasteiger partial charge in [0.15, 0.2) is 0 Å². The molecular weight excluding hydrogens is 302 g/mol. The van der Waals surface area contributed by atoms with Crippen LogP contribution in [0, 0.1) is 0 Å². The molecule has 0 radical (unpaired) electrons. The number of hydrogen-bond acceptors (Lipinski definition) is 1. The lowest BCUT2D eigenvalue weighted by atomic mass is 10.0. The Labute approximate surface area is 159 Å². The molecule has 120 valence electrons. The Morgan fingerprint density at radius 3 is 1.76 bits per heavy atom. The average molecular weight is 329 g/mol. The first-order chi connectivity index (χ1) is 15.7. The molecule has 0 aromatic heterocycles. The molecule has 0 atom stereocenters. The minimum Gasteiger partial charge on any atom is -0.356 e. The van der Waals surface area contributed by atoms with E-state index < -0.39 is 24.2 Å². The van der Waals surface area contributed by atoms with Gasteiger partial charge in [-0.2, -0.15) is 0 Å². The van der Waals surface area contributed by atoms with Crippen molar-refractivity contribution in [2.75, 3.05) is 5.32 Å². The standard InChI is InChI=1S/C24H19N/c1-3-7-19(8-4-1)21-11-15-23(16-12-21)25-24-17-13-22(14-18-24)20-9-5-2-6-10-20/h1-18,25H/i3D,4D,7D,8D,11D,12D,15D,16D. The van der Waals surface area contributed by atoms with Gasteiger partial charge in [-0.05, 0) is 46.5 Å². The molecule has 0 saturated heterocycles. The Kier molecular flexibility index (Phi) is 2.45. The van der Waals surface area contributed by atoms with E-state index in [1.165, 1.54) is 0 Å². The van der Waals surface area contributed by atoms with E-state index in [-0.39, 0.29) is 41.0 Å². The maximum absolute atomic E-state index is 8.44. The lowest BCUT2D eigenvalue weighted by Crippen LogP contribution is -1.90. The van der Waals surface area contributed by atoms with Gasteiger partial charge in [-0.15, -0.1) is 0 Å². The van der Waals surface area contributed by atoms with Crippen molar-refractivity contribution in [3.05, 3.63) is 109 Å². The van der Waals surface area contributed by atoms with E-state index in [9.17, 15) is 0 Å². The van der Waals surface area contributed by atoms with Gasteiger partial charge in [0, 0.05) is 11.4 Å². The minimum absolute atomic E-state index is 0.0348. The van der Waals surface area contributed by atoms with Crippen molar-refractivity contribution in [3.8, 4) is 22.3 Å². The number of hydrogen-bond donors (Lipinski definition) is 1. The summed E-state index contributed by atoms with van der Waals surface area (Å²) >= 11 is 0. The summed E-state index contributed by atoms with van der Waals surface area (Å²) in [4.78, 5) is 0. The summed E-state index contributed by atoms with van der Waals surface area (Å²) < 4.78 is 65.7. The maximum atomic E-state index is 8.44. The lowest BCUT2D eigenvalue weighted by Gasteiger charge is -2.09. The van der Waals surface area contributed by atoms with E-state index in [1.54, 1.807) is 12.1 Å². The molecule has 0 spiro atoms. The molecule has 4 aromatic rings. The molecule has 0 aliphatic carbocycles. The molecule has 0 saturated carbocycles. The lowest BCUT2D eigenvalue weighted by molar-refractivity contribution is 1.53. The molecule has 1 heteroatoms. The highest BCUT2D eigenvalue weighted by atomic mass is 14.9. The number of nitrogens with one attached hydrogen (secondary N) is 1. The molecule has 4 rings (SSSR count). The van der Waals surface area contributed by atoms with Crippen molar-refractivity contribution >= 4 is 11.4 Å². The maximum Gasteiger partial charge on any atom is 0.0645 e. The minimum atomic E-state index is -0.439. The van der Waals surface area contributed by atoms with E-state index in [1.807, 2.05) is 42.5 Å². The van der Waals surface area contributed by atoms with Crippen molar-refractivity contribution in [2.45, 2.75) is 0 Å². The van der Waals surface area contributed by atoms with Crippen LogP contribution in [0.3, 0.4) is 0 Å². The zero-order valence-corrected chi connectivity index (χ0v) is 13.3. The highest BCUT2D eigenvalue weighted by Gasteiger charge is 2.00. The van der Waals surface area contributed by atoms with Crippen LogP contribution in [0.5, 0.6) is 0 Å². The second-order valence-electron chi connectivity index (χ2n) is 5.38. The van der Waals surface area contributed by atoms with Crippen LogP contribution in [-0.2, 0) is 0 Å². The van der Waals surface area contributed by atoms with Gasteiger partial charge in [0.1, 0.15) is 0 Å². The van der Waals surface area contributed by atoms with Gasteiger partial charge >= 0.3 is 0 Å². The van der Waals surface area contributed by atoms with E-state index >= 15 is 0 Å². The Hall–Kier alpha value is -3.32. The van der Waals surface area contributed by atoms with E-state index in [4.69, 9.17) is 11.0 Å². The van der Waals surface area contributed by atoms with Gasteiger partial charge in [0.05, 0.1) is 11.0 Å². The van der Waals surface area contributed by atoms with Gasteiger partial charge in [0.25, 0.3) is 0 Å². The fraction of sp³-hybridized carbons (Fsp3) is 0. The highest BCUT2D eigenvalue weighted by molar-refractivity contribution is 5.70. The number of benzene rings is 4. The normalized spacial score (nSPS) is 14.9. The highest BCUT2D eigenvalue weighted by Crippen LogP contribution is 2.25. The second kappa shape index (κ2) is 7.06. The topological polar surface area (TPSA) is 12.0 Å². The van der Waals surface area contributed by atoms with Crippen LogP contribution in [0.1, 0.15) is 11.0 Å². The summed E-state index contributed by atoms with van der Waals surface area (Å²) in [5.74, 6) is 0. The summed E-state index contributed by atoms with van der Waals surface area (Å²) in [5, 5.41) is 2.95. The molecule has 0 aliphatic rings. The van der Waals surface area contributed by atoms with Crippen LogP contribution in [0.4, 0.5) is 11.4 Å². The van der Waals surface area contributed by atoms with Gasteiger partial charge < -0.3 is 5.32 Å². The van der Waals surface area contributed by atoms with Gasteiger partial charge in [-0.3, -0.25) is 0 Å². The third-order valence-electron chi connectivity index (χ3n) is 3.68. The molecule has 1 nitrogen and oxygen atoms in total. The van der Waals surface area contributed by atoms with Crippen molar-refractivity contribution in [1.29, 1.82) is 0 Å². The van der Waals surface area contributed by atoms with Crippen LogP contribution in [0.15, 0.2) is 109 Å². The zero-order valence-electron chi connectivity index (χ0n) is 21.3. The molecule has 0 unspecified atom stereocenters. The summed E-state index contributed by atoms with van der Waals surface area (Å²) in [7, 11) is 0. The van der Waals surface area contributed by atoms with Gasteiger partial charge in [0.2, 0.25) is 0 Å². The quantitative estimate of drug-likeness (QED) is 0.436. The van der Waals surface area contributed by atoms with E-state index in [0.717, 1.165) is 17.2 Å². The summed E-state index contributed by atoms with van der Waals surface area (Å²) in [5.41, 5.74) is 2.07. The van der Waals surface area contributed by atoms with Crippen LogP contribution < -0.4 is 5.32 Å². The first kappa shape index (κ1) is 8.68. The fourth-order valence-corrected chi connectivity index (χ4v) is 2.43. The molecule has 0 fully saturated rings. The predicted molar refractivity (Wildman–Crippen MR) is 107 cm³/mol. The molecule has 0 bridgehead atoms. The van der Waals surface area contributed by atoms with Crippen LogP contribution in [0.2, 0.25) is 0 Å². The van der Waals surface area contributed by atoms with Crippen molar-refractivity contribution in [2.24, 2.45) is 0 Å². The van der Waals surface area contributed by atoms with Gasteiger partial charge in [-0.1, -0.05) is 84.8 Å². The SMILES string of the molecule is [2H]c1cc([2H])c([2H])c(-c2c([2H])c([2H])c(Nc3ccc(-c4ccccc4)cc3)c([2H])c2[2H])c1[2H]. The number of rotatable bonds is 4. The summed E-state index contributed by atoms with van der Waals surface area (Å²) in [6, 6.07) is 15.1. The zero-order chi connectivity index (χ0) is 23.9. The van der Waals surface area contributed by atoms with Gasteiger partial charge in [-0.25, -0.2) is 0 Å². The Balaban J connectivity index is 1.77. The van der Waals surface area contributed by atoms with E-state index in [0.29, 0.717) is 5.69 Å². The second-order valence-corrected chi connectivity index (χ2v) is 5.38. The molecule has 0 amide bonds. The molecule has 0 aliphatic heterocycles. The summed E-state index contributed by atoms with van der Waals surface area (Å²) in [6.45, 7) is 0. The Morgan fingerprint density at radius 2 is 1.08 bits per heavy atom. The van der Waals surface area contributed by atoms with Crippen LogP contribution in [0.25, 0.3) is 22.3 Å². The molecule has 25 heavy (non-hydrogen) atoms. The third kappa shape index (κ3) is 3.61. The smallest absolute Gasteiger partial charge is 0.0645 e. The molecule has 4 aromatic carbocycles. The van der Waals surface area contributed by atoms with Crippen molar-refractivity contribution in [3.63, 3.8) is 0 Å². The predicted octanol–water partition coefficient (Wildman–Crippen LogP) is 6.76. The fourth-order valence-electron chi connectivity index (χ4n) is 2.43. The van der Waals surface area contributed by atoms with Crippen molar-refractivity contribution in [1.82, 2.24) is 0 Å². The molecule has 0 heterocycles. The summed E-state index contributed by atoms with van der Waals surface area (Å²) in [6.07, 6.45) is 0. The largest absolute Gasteiger partial charge is 0.356 e. The van der Waals surface area contributed by atoms with Crippen molar-refractivity contribution < 1.29 is 11.0 Å². The monoisotopic (exact) mass is 329 g/mol. The average Bonchev–Trinajstić information content (AvgIpc) is 2.82. The van der Waals surface area contributed by atoms with Crippen LogP contribution >= 0.6 is 0 Å². The van der Waals surface area contributed by atoms with E-state index in [2.05, 4.69) is 5.32 Å². The third-order valence-corrected chi connectivity index (χ3v) is 3.68. The number of anilines is 2. The molecular formula is C24H19N. The van der Waals surface area contributed by atoms with Crippen LogP contribution in [-0.4, -0.2) is 0 Å². The Bertz CT molecular complexity index is 1300. The first-order valence-corrected chi connectivity index (χ1v) is 7.81. The Morgan fingerprint density at radius 1 is 0.480 bits per heavy atom.